The average molecular weight is 643 g/mol. The zero-order valence-corrected chi connectivity index (χ0v) is 30.4. The number of ether oxygens (including phenoxy) is 3. The van der Waals surface area contributed by atoms with E-state index in [4.69, 9.17) is 27.1 Å². The molecule has 0 radical (unpaired) electrons. The van der Waals surface area contributed by atoms with Crippen LogP contribution in [0.1, 0.15) is 74.9 Å². The first-order chi connectivity index (χ1) is 21.5. The van der Waals surface area contributed by atoms with E-state index in [2.05, 4.69) is 93.5 Å². The molecule has 0 aliphatic carbocycles. The van der Waals surface area contributed by atoms with Crippen molar-refractivity contribution >= 4 is 30.2 Å². The van der Waals surface area contributed by atoms with Crippen molar-refractivity contribution in [3.8, 4) is 34.1 Å². The highest BCUT2D eigenvalue weighted by atomic mass is 31.1. The van der Waals surface area contributed by atoms with E-state index >= 15 is 0 Å². The Hall–Kier alpha value is -4.02. The molecule has 244 valence electrons. The van der Waals surface area contributed by atoms with Crippen LogP contribution in [-0.4, -0.2) is 21.3 Å². The molecule has 0 amide bonds. The number of methoxy groups -OCH3 is 3. The van der Waals surface area contributed by atoms with Gasteiger partial charge in [-0.05, 0) is 97.2 Å². The summed E-state index contributed by atoms with van der Waals surface area (Å²) < 4.78 is 38.4. The normalized spacial score (nSPS) is 12.0. The quantitative estimate of drug-likeness (QED) is 0.184. The van der Waals surface area contributed by atoms with Crippen LogP contribution in [0.3, 0.4) is 0 Å². The number of hydrogen-bond donors (Lipinski definition) is 0. The maximum atomic E-state index is 7.03. The topological polar surface area (TPSA) is 63.2 Å². The van der Waals surface area contributed by atoms with Crippen molar-refractivity contribution in [2.75, 3.05) is 21.3 Å². The summed E-state index contributed by atoms with van der Waals surface area (Å²) in [5.41, 5.74) is 8.94. The van der Waals surface area contributed by atoms with Crippen molar-refractivity contribution in [1.29, 1.82) is 0 Å². The summed E-state index contributed by atoms with van der Waals surface area (Å²) in [6.07, 6.45) is 0. The fraction of sp³-hybridized carbons (Fsp3) is 0.385. The molecule has 0 fully saturated rings. The van der Waals surface area contributed by atoms with E-state index in [1.165, 1.54) is 0 Å². The molecule has 1 heterocycles. The SMILES string of the molecule is COc1cc(-c2cc(OC)cc(C(C)(C)C)c2Op2oc3c(C)cc(C)cc3c3cc(C)cc(C)c3o2)c(OC)c(C(C)(C)C)c1. The van der Waals surface area contributed by atoms with Gasteiger partial charge in [-0.15, -0.1) is 0 Å². The van der Waals surface area contributed by atoms with Crippen LogP contribution in [0.4, 0.5) is 0 Å². The Morgan fingerprint density at radius 3 is 1.33 bits per heavy atom. The molecule has 7 heteroatoms. The van der Waals surface area contributed by atoms with Crippen LogP contribution in [0.5, 0.6) is 23.0 Å². The van der Waals surface area contributed by atoms with Gasteiger partial charge in [-0.25, -0.2) is 0 Å². The van der Waals surface area contributed by atoms with E-state index in [-0.39, 0.29) is 10.8 Å². The lowest BCUT2D eigenvalue weighted by atomic mass is 9.81. The average Bonchev–Trinajstić information content (AvgIpc) is 3.12. The van der Waals surface area contributed by atoms with Gasteiger partial charge in [0.1, 0.15) is 34.2 Å². The van der Waals surface area contributed by atoms with Gasteiger partial charge in [-0.1, -0.05) is 53.7 Å². The second-order valence-corrected chi connectivity index (χ2v) is 15.2. The monoisotopic (exact) mass is 642 g/mol. The Morgan fingerprint density at radius 1 is 0.522 bits per heavy atom. The first-order valence-corrected chi connectivity index (χ1v) is 16.7. The number of benzene rings is 4. The predicted molar refractivity (Wildman–Crippen MR) is 190 cm³/mol. The second-order valence-electron chi connectivity index (χ2n) is 14.2. The Balaban J connectivity index is 1.92. The smallest absolute Gasteiger partial charge is 0.453 e. The van der Waals surface area contributed by atoms with Gasteiger partial charge < -0.3 is 27.1 Å². The van der Waals surface area contributed by atoms with E-state index in [0.29, 0.717) is 11.5 Å². The summed E-state index contributed by atoms with van der Waals surface area (Å²) in [6.45, 7) is 21.3. The first kappa shape index (κ1) is 33.3. The largest absolute Gasteiger partial charge is 0.497 e. The van der Waals surface area contributed by atoms with Gasteiger partial charge in [0.25, 0.3) is 0 Å². The molecule has 0 bridgehead atoms. The summed E-state index contributed by atoms with van der Waals surface area (Å²) in [7, 11) is 3.12. The lowest BCUT2D eigenvalue weighted by molar-refractivity contribution is 0.389. The van der Waals surface area contributed by atoms with Crippen molar-refractivity contribution in [2.45, 2.75) is 80.1 Å². The summed E-state index contributed by atoms with van der Waals surface area (Å²) in [5, 5.41) is 2.01. The number of aryl methyl sites for hydroxylation is 4. The van der Waals surface area contributed by atoms with Crippen molar-refractivity contribution < 1.29 is 27.1 Å². The molecule has 5 rings (SSSR count). The van der Waals surface area contributed by atoms with Crippen molar-refractivity contribution in [3.63, 3.8) is 0 Å². The van der Waals surface area contributed by atoms with Crippen molar-refractivity contribution in [3.05, 3.63) is 81.9 Å². The minimum Gasteiger partial charge on any atom is -0.497 e. The van der Waals surface area contributed by atoms with Gasteiger partial charge >= 0.3 is 8.24 Å². The molecule has 0 saturated carbocycles. The third kappa shape index (κ3) is 6.33. The molecule has 0 atom stereocenters. The minimum absolute atomic E-state index is 0.224. The number of fused-ring (bicyclic) bond motifs is 3. The third-order valence-corrected chi connectivity index (χ3v) is 9.33. The Morgan fingerprint density at radius 2 is 0.935 bits per heavy atom. The lowest BCUT2D eigenvalue weighted by Gasteiger charge is -2.28. The third-order valence-electron chi connectivity index (χ3n) is 8.33. The maximum Gasteiger partial charge on any atom is 0.453 e. The summed E-state index contributed by atoms with van der Waals surface area (Å²) in [5.74, 6) is 2.82. The molecular weight excluding hydrogens is 595 g/mol. The van der Waals surface area contributed by atoms with E-state index < -0.39 is 8.24 Å². The standard InChI is InChI=1S/C39H47O6P/c1-22-14-24(3)34-28(16-22)29-17-23(2)15-25(4)35(29)44-46(43-34)45-37-31(19-27(41-12)21-33(37)39(8,9)10)30-18-26(40-11)20-32(36(30)42-13)38(5,6)7/h14-21H,1-13H3. The Kier molecular flexibility index (Phi) is 8.92. The molecule has 0 aliphatic rings. The zero-order valence-electron chi connectivity index (χ0n) is 29.5. The van der Waals surface area contributed by atoms with E-state index in [9.17, 15) is 0 Å². The second kappa shape index (κ2) is 12.3. The number of hydrogen-bond acceptors (Lipinski definition) is 6. The molecule has 5 aromatic rings. The van der Waals surface area contributed by atoms with Crippen LogP contribution in [0, 0.1) is 27.7 Å². The molecule has 1 aromatic heterocycles. The van der Waals surface area contributed by atoms with Gasteiger partial charge in [0.15, 0.2) is 0 Å². The van der Waals surface area contributed by atoms with E-state index in [1.54, 1.807) is 21.3 Å². The first-order valence-electron chi connectivity index (χ1n) is 15.6. The molecule has 0 unspecified atom stereocenters. The van der Waals surface area contributed by atoms with Gasteiger partial charge in [-0.3, -0.25) is 0 Å². The highest BCUT2D eigenvalue weighted by Gasteiger charge is 2.30. The van der Waals surface area contributed by atoms with Gasteiger partial charge in [0.2, 0.25) is 0 Å². The lowest BCUT2D eigenvalue weighted by Crippen LogP contribution is -2.15. The zero-order chi connectivity index (χ0) is 33.7. The van der Waals surface area contributed by atoms with Gasteiger partial charge in [0, 0.05) is 33.0 Å². The maximum absolute atomic E-state index is 7.03. The molecule has 0 spiro atoms. The molecular formula is C39H47O6P. The van der Waals surface area contributed by atoms with Crippen LogP contribution in [0.2, 0.25) is 0 Å². The van der Waals surface area contributed by atoms with Gasteiger partial charge in [0.05, 0.1) is 21.3 Å². The molecule has 46 heavy (non-hydrogen) atoms. The van der Waals surface area contributed by atoms with E-state index in [1.807, 2.05) is 24.3 Å². The van der Waals surface area contributed by atoms with Crippen LogP contribution < -0.4 is 18.7 Å². The number of rotatable bonds is 6. The van der Waals surface area contributed by atoms with Gasteiger partial charge in [-0.2, -0.15) is 0 Å². The highest BCUT2D eigenvalue weighted by Crippen LogP contribution is 2.52. The van der Waals surface area contributed by atoms with Crippen molar-refractivity contribution in [1.82, 2.24) is 0 Å². The van der Waals surface area contributed by atoms with Crippen LogP contribution in [-0.2, 0) is 10.8 Å². The molecule has 6 nitrogen and oxygen atoms in total. The molecule has 0 saturated heterocycles. The Labute approximate surface area is 274 Å². The molecule has 0 N–H and O–H groups in total. The molecule has 0 aliphatic heterocycles. The predicted octanol–water partition coefficient (Wildman–Crippen LogP) is 11.7. The minimum atomic E-state index is -1.95. The summed E-state index contributed by atoms with van der Waals surface area (Å²) in [6, 6.07) is 16.7. The fourth-order valence-corrected chi connectivity index (χ4v) is 7.34. The summed E-state index contributed by atoms with van der Waals surface area (Å²) in [4.78, 5) is 0. The Bertz CT molecular complexity index is 1920. The van der Waals surface area contributed by atoms with E-state index in [0.717, 1.165) is 77.9 Å². The van der Waals surface area contributed by atoms with Crippen LogP contribution in [0.15, 0.2) is 56.9 Å². The van der Waals surface area contributed by atoms with Crippen molar-refractivity contribution in [2.24, 2.45) is 0 Å². The van der Waals surface area contributed by atoms with Crippen LogP contribution >= 0.6 is 8.24 Å². The van der Waals surface area contributed by atoms with Crippen LogP contribution in [0.25, 0.3) is 33.1 Å². The fourth-order valence-electron chi connectivity index (χ4n) is 6.10. The summed E-state index contributed by atoms with van der Waals surface area (Å²) >= 11 is 0. The molecule has 4 aromatic carbocycles. The highest BCUT2D eigenvalue weighted by molar-refractivity contribution is 7.32.